The molecule has 0 spiro atoms. The lowest BCUT2D eigenvalue weighted by molar-refractivity contribution is 0.0211. The second kappa shape index (κ2) is 7.24. The van der Waals surface area contributed by atoms with Crippen molar-refractivity contribution in [1.29, 1.82) is 0 Å². The smallest absolute Gasteiger partial charge is 0.338 e. The Balaban J connectivity index is 2.09. The van der Waals surface area contributed by atoms with Crippen LogP contribution in [0.5, 0.6) is 0 Å². The lowest BCUT2D eigenvalue weighted by Gasteiger charge is -2.22. The Hall–Kier alpha value is -1.12. The summed E-state index contributed by atoms with van der Waals surface area (Å²) in [7, 11) is -3.36. The van der Waals surface area contributed by atoms with E-state index < -0.39 is 7.37 Å². The first kappa shape index (κ1) is 16.3. The first-order chi connectivity index (χ1) is 10.0. The zero-order valence-corrected chi connectivity index (χ0v) is 13.4. The number of carbonyl (C=O) groups excluding carboxylic acids is 1. The number of benzene rings is 1. The predicted molar refractivity (Wildman–Crippen MR) is 83.3 cm³/mol. The van der Waals surface area contributed by atoms with Crippen molar-refractivity contribution in [2.45, 2.75) is 51.6 Å². The fourth-order valence-electron chi connectivity index (χ4n) is 2.68. The Morgan fingerprint density at radius 2 is 2.05 bits per heavy atom. The molecule has 0 aromatic heterocycles. The molecule has 0 bridgehead atoms. The van der Waals surface area contributed by atoms with Crippen LogP contribution in [-0.2, 0) is 9.30 Å². The number of hydrogen-bond acceptors (Lipinski definition) is 3. The van der Waals surface area contributed by atoms with Gasteiger partial charge in [-0.1, -0.05) is 19.4 Å². The third-order valence-electron chi connectivity index (χ3n) is 3.84. The van der Waals surface area contributed by atoms with E-state index in [-0.39, 0.29) is 18.2 Å². The highest BCUT2D eigenvalue weighted by Crippen LogP contribution is 2.39. The van der Waals surface area contributed by atoms with Crippen molar-refractivity contribution in [2.24, 2.45) is 0 Å². The molecule has 1 aromatic rings. The van der Waals surface area contributed by atoms with Crippen LogP contribution in [0.25, 0.3) is 0 Å². The van der Waals surface area contributed by atoms with Crippen LogP contribution in [-0.4, -0.2) is 23.1 Å². The van der Waals surface area contributed by atoms with Crippen LogP contribution in [0, 0.1) is 0 Å². The average molecular weight is 310 g/mol. The molecule has 1 aliphatic rings. The molecule has 1 aromatic carbocycles. The number of hydrogen-bond donors (Lipinski definition) is 1. The van der Waals surface area contributed by atoms with Crippen LogP contribution in [0.1, 0.15) is 55.8 Å². The van der Waals surface area contributed by atoms with Gasteiger partial charge in [-0.3, -0.25) is 4.57 Å². The second-order valence-electron chi connectivity index (χ2n) is 5.64. The highest BCUT2D eigenvalue weighted by atomic mass is 31.2. The van der Waals surface area contributed by atoms with Gasteiger partial charge in [0.1, 0.15) is 6.10 Å². The van der Waals surface area contributed by atoms with E-state index in [1.165, 1.54) is 12.5 Å². The molecule has 1 N–H and O–H groups in total. The Kier molecular flexibility index (Phi) is 5.60. The molecule has 0 aliphatic heterocycles. The van der Waals surface area contributed by atoms with E-state index in [1.54, 1.807) is 18.2 Å². The van der Waals surface area contributed by atoms with Crippen LogP contribution in [0.2, 0.25) is 0 Å². The van der Waals surface area contributed by atoms with Crippen LogP contribution >= 0.6 is 7.37 Å². The molecule has 21 heavy (non-hydrogen) atoms. The highest BCUT2D eigenvalue weighted by Gasteiger charge is 2.23. The minimum atomic E-state index is -3.36. The molecular weight excluding hydrogens is 287 g/mol. The first-order valence-electron chi connectivity index (χ1n) is 7.66. The van der Waals surface area contributed by atoms with Crippen molar-refractivity contribution in [3.63, 3.8) is 0 Å². The summed E-state index contributed by atoms with van der Waals surface area (Å²) in [4.78, 5) is 22.2. The summed E-state index contributed by atoms with van der Waals surface area (Å²) in [5, 5.41) is 0.336. The molecule has 0 amide bonds. The summed E-state index contributed by atoms with van der Waals surface area (Å²) in [6, 6.07) is 6.39. The Bertz CT molecular complexity index is 535. The van der Waals surface area contributed by atoms with Crippen molar-refractivity contribution >= 4 is 18.6 Å². The standard InChI is InChI=1S/C16H23O4P/c1-2-11-21(18,19)15-10-6-7-13(12-15)16(17)20-14-8-4-3-5-9-14/h6-7,10,12,14H,2-5,8-9,11H2,1H3,(H,18,19). The van der Waals surface area contributed by atoms with E-state index in [0.717, 1.165) is 25.7 Å². The molecule has 1 atom stereocenters. The van der Waals surface area contributed by atoms with E-state index in [0.29, 0.717) is 17.3 Å². The Morgan fingerprint density at radius 1 is 1.33 bits per heavy atom. The van der Waals surface area contributed by atoms with Crippen LogP contribution < -0.4 is 5.30 Å². The van der Waals surface area contributed by atoms with Gasteiger partial charge in [0.2, 0.25) is 7.37 Å². The van der Waals surface area contributed by atoms with Crippen molar-refractivity contribution in [1.82, 2.24) is 0 Å². The van der Waals surface area contributed by atoms with Crippen LogP contribution in [0.3, 0.4) is 0 Å². The summed E-state index contributed by atoms with van der Waals surface area (Å²) < 4.78 is 17.7. The molecule has 0 saturated heterocycles. The maximum absolute atomic E-state index is 12.2. The Morgan fingerprint density at radius 3 is 2.71 bits per heavy atom. The van der Waals surface area contributed by atoms with E-state index in [1.807, 2.05) is 6.92 Å². The molecule has 0 radical (unpaired) electrons. The molecule has 1 unspecified atom stereocenters. The Labute approximate surface area is 126 Å². The number of ether oxygens (including phenoxy) is 1. The lowest BCUT2D eigenvalue weighted by Crippen LogP contribution is -2.21. The topological polar surface area (TPSA) is 63.6 Å². The van der Waals surface area contributed by atoms with Crippen molar-refractivity contribution in [2.75, 3.05) is 6.16 Å². The molecule has 1 aliphatic carbocycles. The lowest BCUT2D eigenvalue weighted by atomic mass is 9.98. The van der Waals surface area contributed by atoms with E-state index in [4.69, 9.17) is 4.74 Å². The van der Waals surface area contributed by atoms with Crippen molar-refractivity contribution in [3.8, 4) is 0 Å². The first-order valence-corrected chi connectivity index (χ1v) is 9.51. The largest absolute Gasteiger partial charge is 0.459 e. The van der Waals surface area contributed by atoms with Gasteiger partial charge in [-0.25, -0.2) is 4.79 Å². The van der Waals surface area contributed by atoms with Gasteiger partial charge in [0.25, 0.3) is 0 Å². The molecule has 0 heterocycles. The highest BCUT2D eigenvalue weighted by molar-refractivity contribution is 7.66. The minimum absolute atomic E-state index is 0.00789. The van der Waals surface area contributed by atoms with Gasteiger partial charge in [-0.15, -0.1) is 0 Å². The quantitative estimate of drug-likeness (QED) is 0.668. The number of esters is 1. The molecule has 5 heteroatoms. The van der Waals surface area contributed by atoms with Gasteiger partial charge >= 0.3 is 5.97 Å². The van der Waals surface area contributed by atoms with Crippen LogP contribution in [0.4, 0.5) is 0 Å². The van der Waals surface area contributed by atoms with Gasteiger partial charge in [-0.2, -0.15) is 0 Å². The zero-order valence-electron chi connectivity index (χ0n) is 12.5. The minimum Gasteiger partial charge on any atom is -0.459 e. The SMILES string of the molecule is CCCP(=O)(O)c1cccc(C(=O)OC2CCCCC2)c1. The number of rotatable bonds is 5. The third-order valence-corrected chi connectivity index (χ3v) is 5.98. The second-order valence-corrected chi connectivity index (χ2v) is 8.01. The maximum Gasteiger partial charge on any atom is 0.338 e. The van der Waals surface area contributed by atoms with E-state index in [2.05, 4.69) is 0 Å². The molecule has 2 rings (SSSR count). The fraction of sp³-hybridized carbons (Fsp3) is 0.562. The molecule has 1 fully saturated rings. The monoisotopic (exact) mass is 310 g/mol. The maximum atomic E-state index is 12.2. The van der Waals surface area contributed by atoms with Gasteiger partial charge in [0.05, 0.1) is 5.56 Å². The summed E-state index contributed by atoms with van der Waals surface area (Å²) >= 11 is 0. The average Bonchev–Trinajstić information content (AvgIpc) is 2.48. The molecule has 4 nitrogen and oxygen atoms in total. The predicted octanol–water partition coefficient (Wildman–Crippen LogP) is 3.48. The third kappa shape index (κ3) is 4.42. The summed E-state index contributed by atoms with van der Waals surface area (Å²) in [6.07, 6.45) is 6.08. The van der Waals surface area contributed by atoms with Gasteiger partial charge in [0.15, 0.2) is 0 Å². The summed E-state index contributed by atoms with van der Waals surface area (Å²) in [5.41, 5.74) is 0.364. The molecular formula is C16H23O4P. The normalized spacial score (nSPS) is 19.0. The molecule has 1 saturated carbocycles. The van der Waals surface area contributed by atoms with Gasteiger partial charge < -0.3 is 9.63 Å². The number of carbonyl (C=O) groups is 1. The van der Waals surface area contributed by atoms with Gasteiger partial charge in [0, 0.05) is 11.5 Å². The van der Waals surface area contributed by atoms with Crippen molar-refractivity contribution < 1.29 is 19.0 Å². The fourth-order valence-corrected chi connectivity index (χ4v) is 4.21. The summed E-state index contributed by atoms with van der Waals surface area (Å²) in [5.74, 6) is -0.389. The van der Waals surface area contributed by atoms with Gasteiger partial charge in [-0.05, 0) is 50.3 Å². The van der Waals surface area contributed by atoms with Crippen LogP contribution in [0.15, 0.2) is 24.3 Å². The summed E-state index contributed by atoms with van der Waals surface area (Å²) in [6.45, 7) is 1.87. The zero-order chi connectivity index (χ0) is 15.3. The molecule has 116 valence electrons. The van der Waals surface area contributed by atoms with E-state index >= 15 is 0 Å². The van der Waals surface area contributed by atoms with Crippen molar-refractivity contribution in [3.05, 3.63) is 29.8 Å². The van der Waals surface area contributed by atoms with E-state index in [9.17, 15) is 14.3 Å².